The molecule has 1 aromatic rings. The SMILES string of the molecule is CCS[C@@H]1CCCC[C@@H]1N[C@H]1CCCN(c2cnn(C)c2)C1=O. The summed E-state index contributed by atoms with van der Waals surface area (Å²) in [4.78, 5) is 14.8. The lowest BCUT2D eigenvalue weighted by atomic mass is 9.93. The average molecular weight is 337 g/mol. The first-order valence-electron chi connectivity index (χ1n) is 8.86. The molecule has 3 atom stereocenters. The van der Waals surface area contributed by atoms with Crippen molar-refractivity contribution in [2.75, 3.05) is 17.2 Å². The molecule has 1 aliphatic carbocycles. The highest BCUT2D eigenvalue weighted by molar-refractivity contribution is 7.99. The number of nitrogens with zero attached hydrogens (tertiary/aromatic N) is 3. The van der Waals surface area contributed by atoms with E-state index < -0.39 is 0 Å². The molecule has 0 radical (unpaired) electrons. The van der Waals surface area contributed by atoms with E-state index in [-0.39, 0.29) is 11.9 Å². The third-order valence-electron chi connectivity index (χ3n) is 4.94. The van der Waals surface area contributed by atoms with Crippen LogP contribution in [0.1, 0.15) is 45.4 Å². The summed E-state index contributed by atoms with van der Waals surface area (Å²) in [5, 5.41) is 8.57. The van der Waals surface area contributed by atoms with Gasteiger partial charge in [-0.3, -0.25) is 9.48 Å². The van der Waals surface area contributed by atoms with Crippen LogP contribution < -0.4 is 10.2 Å². The monoisotopic (exact) mass is 336 g/mol. The number of carbonyl (C=O) groups excluding carboxylic acids is 1. The number of piperidine rings is 1. The maximum absolute atomic E-state index is 12.9. The van der Waals surface area contributed by atoms with Crippen LogP contribution in [-0.4, -0.2) is 45.3 Å². The van der Waals surface area contributed by atoms with Gasteiger partial charge in [-0.25, -0.2) is 0 Å². The van der Waals surface area contributed by atoms with E-state index in [9.17, 15) is 4.79 Å². The van der Waals surface area contributed by atoms with Gasteiger partial charge >= 0.3 is 0 Å². The molecule has 5 nitrogen and oxygen atoms in total. The lowest BCUT2D eigenvalue weighted by molar-refractivity contribution is -0.122. The summed E-state index contributed by atoms with van der Waals surface area (Å²) < 4.78 is 1.76. The van der Waals surface area contributed by atoms with Crippen molar-refractivity contribution in [3.8, 4) is 0 Å². The summed E-state index contributed by atoms with van der Waals surface area (Å²) >= 11 is 2.05. The Balaban J connectivity index is 1.66. The maximum Gasteiger partial charge on any atom is 0.244 e. The van der Waals surface area contributed by atoms with E-state index in [0.29, 0.717) is 11.3 Å². The van der Waals surface area contributed by atoms with Gasteiger partial charge in [-0.05, 0) is 31.4 Å². The van der Waals surface area contributed by atoms with Gasteiger partial charge in [0.2, 0.25) is 5.91 Å². The molecule has 1 aromatic heterocycles. The molecule has 128 valence electrons. The Morgan fingerprint density at radius 2 is 2.13 bits per heavy atom. The molecular formula is C17H28N4OS. The molecule has 0 bridgehead atoms. The number of aryl methyl sites for hydroxylation is 1. The van der Waals surface area contributed by atoms with Crippen molar-refractivity contribution in [1.82, 2.24) is 15.1 Å². The Labute approximate surface area is 143 Å². The number of carbonyl (C=O) groups is 1. The van der Waals surface area contributed by atoms with Gasteiger partial charge in [-0.1, -0.05) is 19.8 Å². The first kappa shape index (κ1) is 16.8. The van der Waals surface area contributed by atoms with Crippen molar-refractivity contribution in [2.45, 2.75) is 62.8 Å². The third kappa shape index (κ3) is 3.91. The van der Waals surface area contributed by atoms with Crippen LogP contribution in [0.15, 0.2) is 12.4 Å². The highest BCUT2D eigenvalue weighted by Gasteiger charge is 2.34. The number of amides is 1. The second kappa shape index (κ2) is 7.71. The molecule has 1 saturated carbocycles. The van der Waals surface area contributed by atoms with E-state index in [4.69, 9.17) is 0 Å². The number of hydrogen-bond acceptors (Lipinski definition) is 4. The van der Waals surface area contributed by atoms with Gasteiger partial charge in [0.05, 0.1) is 17.9 Å². The first-order valence-corrected chi connectivity index (χ1v) is 9.91. The van der Waals surface area contributed by atoms with Crippen LogP contribution in [0.5, 0.6) is 0 Å². The van der Waals surface area contributed by atoms with E-state index in [2.05, 4.69) is 17.3 Å². The lowest BCUT2D eigenvalue weighted by Gasteiger charge is -2.38. The molecular weight excluding hydrogens is 308 g/mol. The summed E-state index contributed by atoms with van der Waals surface area (Å²) in [7, 11) is 1.89. The molecule has 6 heteroatoms. The van der Waals surface area contributed by atoms with E-state index >= 15 is 0 Å². The third-order valence-corrected chi connectivity index (χ3v) is 6.27. The zero-order valence-corrected chi connectivity index (χ0v) is 15.0. The average Bonchev–Trinajstić information content (AvgIpc) is 2.98. The van der Waals surface area contributed by atoms with Crippen LogP contribution in [0.2, 0.25) is 0 Å². The first-order chi connectivity index (χ1) is 11.2. The van der Waals surface area contributed by atoms with Crippen molar-refractivity contribution in [3.05, 3.63) is 12.4 Å². The molecule has 1 amide bonds. The Bertz CT molecular complexity index is 530. The maximum atomic E-state index is 12.9. The fourth-order valence-corrected chi connectivity index (χ4v) is 5.00. The van der Waals surface area contributed by atoms with E-state index in [1.807, 2.05) is 29.9 Å². The van der Waals surface area contributed by atoms with Crippen molar-refractivity contribution >= 4 is 23.4 Å². The van der Waals surface area contributed by atoms with Gasteiger partial charge in [0, 0.05) is 31.1 Å². The number of hydrogen-bond donors (Lipinski definition) is 1. The molecule has 1 aliphatic heterocycles. The van der Waals surface area contributed by atoms with Crippen molar-refractivity contribution < 1.29 is 4.79 Å². The largest absolute Gasteiger partial charge is 0.308 e. The van der Waals surface area contributed by atoms with Gasteiger partial charge in [-0.2, -0.15) is 16.9 Å². The number of aromatic nitrogens is 2. The highest BCUT2D eigenvalue weighted by Crippen LogP contribution is 2.30. The molecule has 3 rings (SSSR count). The van der Waals surface area contributed by atoms with Crippen LogP contribution in [0.4, 0.5) is 5.69 Å². The smallest absolute Gasteiger partial charge is 0.244 e. The van der Waals surface area contributed by atoms with Crippen LogP contribution in [-0.2, 0) is 11.8 Å². The molecule has 2 heterocycles. The van der Waals surface area contributed by atoms with Crippen LogP contribution in [0.3, 0.4) is 0 Å². The summed E-state index contributed by atoms with van der Waals surface area (Å²) in [5.41, 5.74) is 0.923. The van der Waals surface area contributed by atoms with Gasteiger partial charge in [0.1, 0.15) is 0 Å². The van der Waals surface area contributed by atoms with E-state index in [1.54, 1.807) is 10.9 Å². The predicted octanol–water partition coefficient (Wildman–Crippen LogP) is 2.57. The second-order valence-electron chi connectivity index (χ2n) is 6.61. The number of rotatable bonds is 5. The van der Waals surface area contributed by atoms with Gasteiger partial charge in [0.15, 0.2) is 0 Å². The highest BCUT2D eigenvalue weighted by atomic mass is 32.2. The molecule has 0 aromatic carbocycles. The zero-order chi connectivity index (χ0) is 16.2. The summed E-state index contributed by atoms with van der Waals surface area (Å²) in [5.74, 6) is 1.37. The summed E-state index contributed by atoms with van der Waals surface area (Å²) in [6, 6.07) is 0.448. The minimum atomic E-state index is -0.0352. The minimum absolute atomic E-state index is 0.0352. The molecule has 2 aliphatic rings. The molecule has 0 spiro atoms. The van der Waals surface area contributed by atoms with Crippen molar-refractivity contribution in [2.24, 2.45) is 7.05 Å². The Hall–Kier alpha value is -1.01. The van der Waals surface area contributed by atoms with Gasteiger partial charge in [0.25, 0.3) is 0 Å². The topological polar surface area (TPSA) is 50.2 Å². The second-order valence-corrected chi connectivity index (χ2v) is 8.12. The van der Waals surface area contributed by atoms with Crippen molar-refractivity contribution in [1.29, 1.82) is 0 Å². The fraction of sp³-hybridized carbons (Fsp3) is 0.765. The van der Waals surface area contributed by atoms with Gasteiger partial charge in [-0.15, -0.1) is 0 Å². The van der Waals surface area contributed by atoms with E-state index in [0.717, 1.165) is 30.8 Å². The molecule has 2 fully saturated rings. The number of anilines is 1. The fourth-order valence-electron chi connectivity index (χ4n) is 3.79. The minimum Gasteiger partial charge on any atom is -0.308 e. The van der Waals surface area contributed by atoms with Crippen LogP contribution >= 0.6 is 11.8 Å². The lowest BCUT2D eigenvalue weighted by Crippen LogP contribution is -2.56. The Kier molecular flexibility index (Phi) is 5.64. The van der Waals surface area contributed by atoms with Crippen LogP contribution in [0, 0.1) is 0 Å². The molecule has 0 unspecified atom stereocenters. The van der Waals surface area contributed by atoms with Gasteiger partial charge < -0.3 is 10.2 Å². The van der Waals surface area contributed by atoms with Crippen molar-refractivity contribution in [3.63, 3.8) is 0 Å². The predicted molar refractivity (Wildman–Crippen MR) is 95.9 cm³/mol. The zero-order valence-electron chi connectivity index (χ0n) is 14.2. The standard InChI is InChI=1S/C17H28N4OS/c1-3-23-16-9-5-4-7-14(16)19-15-8-6-10-21(17(15)22)13-11-18-20(2)12-13/h11-12,14-16,19H,3-10H2,1-2H3/t14-,15-,16+/m0/s1. The summed E-state index contributed by atoms with van der Waals surface area (Å²) in [6.07, 6.45) is 10.8. The Morgan fingerprint density at radius 1 is 1.30 bits per heavy atom. The number of thioether (sulfide) groups is 1. The quantitative estimate of drug-likeness (QED) is 0.898. The Morgan fingerprint density at radius 3 is 2.87 bits per heavy atom. The molecule has 1 saturated heterocycles. The molecule has 23 heavy (non-hydrogen) atoms. The van der Waals surface area contributed by atoms with E-state index in [1.165, 1.54) is 25.7 Å². The van der Waals surface area contributed by atoms with Crippen LogP contribution in [0.25, 0.3) is 0 Å². The normalized spacial score (nSPS) is 29.0. The number of nitrogens with one attached hydrogen (secondary N) is 1. The molecule has 1 N–H and O–H groups in total. The summed E-state index contributed by atoms with van der Waals surface area (Å²) in [6.45, 7) is 3.03.